The van der Waals surface area contributed by atoms with Gasteiger partial charge in [-0.3, -0.25) is 0 Å². The lowest BCUT2D eigenvalue weighted by atomic mass is 9.93. The van der Waals surface area contributed by atoms with Crippen LogP contribution in [-0.2, 0) is 0 Å². The van der Waals surface area contributed by atoms with Crippen molar-refractivity contribution in [3.05, 3.63) is 35.4 Å². The van der Waals surface area contributed by atoms with Crippen LogP contribution >= 0.6 is 0 Å². The van der Waals surface area contributed by atoms with E-state index in [0.717, 1.165) is 13.0 Å². The molecule has 3 N–H and O–H groups in total. The lowest BCUT2D eigenvalue weighted by Crippen LogP contribution is -2.25. The van der Waals surface area contributed by atoms with Gasteiger partial charge in [0.25, 0.3) is 0 Å². The molecule has 0 aliphatic carbocycles. The zero-order valence-electron chi connectivity index (χ0n) is 8.34. The van der Waals surface area contributed by atoms with E-state index in [-0.39, 0.29) is 17.5 Å². The van der Waals surface area contributed by atoms with Gasteiger partial charge in [-0.1, -0.05) is 6.07 Å². The van der Waals surface area contributed by atoms with Crippen molar-refractivity contribution in [1.29, 1.82) is 0 Å². The van der Waals surface area contributed by atoms with Crippen molar-refractivity contribution in [2.75, 3.05) is 13.1 Å². The standard InChI is InChI=1S/C11H14F2N2/c12-8-2-1-3-9(13)10(8)11-7(6-14)4-5-15-11/h1-3,7,11,15H,4-6,14H2. The van der Waals surface area contributed by atoms with E-state index in [9.17, 15) is 8.78 Å². The van der Waals surface area contributed by atoms with Gasteiger partial charge in [0.15, 0.2) is 0 Å². The van der Waals surface area contributed by atoms with Crippen molar-refractivity contribution >= 4 is 0 Å². The molecule has 1 aliphatic heterocycles. The highest BCUT2D eigenvalue weighted by molar-refractivity contribution is 5.25. The fourth-order valence-electron chi connectivity index (χ4n) is 2.16. The van der Waals surface area contributed by atoms with Gasteiger partial charge < -0.3 is 11.1 Å². The smallest absolute Gasteiger partial charge is 0.130 e. The lowest BCUT2D eigenvalue weighted by Gasteiger charge is -2.19. The molecule has 1 aromatic carbocycles. The molecule has 0 spiro atoms. The van der Waals surface area contributed by atoms with Crippen LogP contribution in [0.1, 0.15) is 18.0 Å². The van der Waals surface area contributed by atoms with Gasteiger partial charge in [-0.25, -0.2) is 8.78 Å². The summed E-state index contributed by atoms with van der Waals surface area (Å²) in [5.74, 6) is -0.864. The maximum atomic E-state index is 13.5. The quantitative estimate of drug-likeness (QED) is 0.781. The first-order valence-electron chi connectivity index (χ1n) is 5.11. The van der Waals surface area contributed by atoms with Gasteiger partial charge in [-0.2, -0.15) is 0 Å². The van der Waals surface area contributed by atoms with E-state index in [1.807, 2.05) is 0 Å². The molecule has 2 rings (SSSR count). The first-order valence-corrected chi connectivity index (χ1v) is 5.11. The van der Waals surface area contributed by atoms with E-state index in [1.165, 1.54) is 18.2 Å². The number of nitrogens with two attached hydrogens (primary N) is 1. The van der Waals surface area contributed by atoms with Crippen LogP contribution in [0.4, 0.5) is 8.78 Å². The molecule has 0 bridgehead atoms. The van der Waals surface area contributed by atoms with Crippen molar-refractivity contribution in [2.24, 2.45) is 11.7 Å². The van der Waals surface area contributed by atoms with Crippen molar-refractivity contribution in [3.63, 3.8) is 0 Å². The summed E-state index contributed by atoms with van der Waals surface area (Å²) in [5, 5.41) is 3.10. The van der Waals surface area contributed by atoms with Gasteiger partial charge in [0.1, 0.15) is 11.6 Å². The number of nitrogens with one attached hydrogen (secondary N) is 1. The van der Waals surface area contributed by atoms with Crippen molar-refractivity contribution in [3.8, 4) is 0 Å². The number of benzene rings is 1. The highest BCUT2D eigenvalue weighted by Crippen LogP contribution is 2.31. The van der Waals surface area contributed by atoms with Gasteiger partial charge in [0, 0.05) is 11.6 Å². The molecule has 0 saturated carbocycles. The Morgan fingerprint density at radius 2 is 2.00 bits per heavy atom. The highest BCUT2D eigenvalue weighted by Gasteiger charge is 2.31. The molecule has 2 unspecified atom stereocenters. The van der Waals surface area contributed by atoms with Crippen LogP contribution in [-0.4, -0.2) is 13.1 Å². The second kappa shape index (κ2) is 4.24. The summed E-state index contributed by atoms with van der Waals surface area (Å²) in [4.78, 5) is 0. The Labute approximate surface area is 87.5 Å². The van der Waals surface area contributed by atoms with Crippen LogP contribution in [0.2, 0.25) is 0 Å². The molecule has 1 aliphatic rings. The molecule has 0 aromatic heterocycles. The zero-order valence-corrected chi connectivity index (χ0v) is 8.34. The molecule has 0 radical (unpaired) electrons. The summed E-state index contributed by atoms with van der Waals surface area (Å²) in [7, 11) is 0. The summed E-state index contributed by atoms with van der Waals surface area (Å²) in [6.07, 6.45) is 0.870. The average molecular weight is 212 g/mol. The Hall–Kier alpha value is -1.00. The minimum absolute atomic E-state index is 0.122. The van der Waals surface area contributed by atoms with E-state index >= 15 is 0 Å². The van der Waals surface area contributed by atoms with Crippen LogP contribution < -0.4 is 11.1 Å². The average Bonchev–Trinajstić information content (AvgIpc) is 2.65. The summed E-state index contributed by atoms with van der Waals surface area (Å²) in [5.41, 5.74) is 5.71. The predicted octanol–water partition coefficient (Wildman–Crippen LogP) is 1.57. The second-order valence-electron chi connectivity index (χ2n) is 3.85. The van der Waals surface area contributed by atoms with Crippen LogP contribution in [0.15, 0.2) is 18.2 Å². The summed E-state index contributed by atoms with van der Waals surface area (Å²) >= 11 is 0. The van der Waals surface area contributed by atoms with Crippen molar-refractivity contribution < 1.29 is 8.78 Å². The van der Waals surface area contributed by atoms with Gasteiger partial charge in [-0.15, -0.1) is 0 Å². The van der Waals surface area contributed by atoms with Crippen LogP contribution in [0, 0.1) is 17.6 Å². The maximum absolute atomic E-state index is 13.5. The zero-order chi connectivity index (χ0) is 10.8. The van der Waals surface area contributed by atoms with E-state index in [0.29, 0.717) is 6.54 Å². The van der Waals surface area contributed by atoms with E-state index in [1.54, 1.807) is 0 Å². The minimum atomic E-state index is -0.493. The Balaban J connectivity index is 2.36. The normalized spacial score (nSPS) is 25.8. The fourth-order valence-corrected chi connectivity index (χ4v) is 2.16. The second-order valence-corrected chi connectivity index (χ2v) is 3.85. The van der Waals surface area contributed by atoms with Crippen LogP contribution in [0.3, 0.4) is 0 Å². The Morgan fingerprint density at radius 3 is 2.60 bits per heavy atom. The molecule has 0 amide bonds. The van der Waals surface area contributed by atoms with Gasteiger partial charge in [-0.05, 0) is 37.6 Å². The molecule has 2 atom stereocenters. The minimum Gasteiger partial charge on any atom is -0.330 e. The number of rotatable bonds is 2. The molecule has 1 saturated heterocycles. The third-order valence-electron chi connectivity index (χ3n) is 2.96. The first-order chi connectivity index (χ1) is 7.24. The van der Waals surface area contributed by atoms with E-state index in [4.69, 9.17) is 5.73 Å². The molecule has 1 aromatic rings. The SMILES string of the molecule is NCC1CCNC1c1c(F)cccc1F. The molecule has 1 heterocycles. The van der Waals surface area contributed by atoms with Gasteiger partial charge in [0.05, 0.1) is 0 Å². The molecule has 1 fully saturated rings. The summed E-state index contributed by atoms with van der Waals surface area (Å²) in [6.45, 7) is 1.21. The van der Waals surface area contributed by atoms with Crippen molar-refractivity contribution in [2.45, 2.75) is 12.5 Å². The Morgan fingerprint density at radius 1 is 1.33 bits per heavy atom. The van der Waals surface area contributed by atoms with Crippen LogP contribution in [0.25, 0.3) is 0 Å². The molecular formula is C11H14F2N2. The molecular weight excluding hydrogens is 198 g/mol. The van der Waals surface area contributed by atoms with E-state index in [2.05, 4.69) is 5.32 Å². The summed E-state index contributed by atoms with van der Waals surface area (Å²) < 4.78 is 27.0. The first kappa shape index (κ1) is 10.5. The topological polar surface area (TPSA) is 38.0 Å². The fraction of sp³-hybridized carbons (Fsp3) is 0.455. The van der Waals surface area contributed by atoms with Gasteiger partial charge >= 0.3 is 0 Å². The monoisotopic (exact) mass is 212 g/mol. The highest BCUT2D eigenvalue weighted by atomic mass is 19.1. The van der Waals surface area contributed by atoms with Gasteiger partial charge in [0.2, 0.25) is 0 Å². The number of halogens is 2. The Bertz CT molecular complexity index is 334. The largest absolute Gasteiger partial charge is 0.330 e. The lowest BCUT2D eigenvalue weighted by molar-refractivity contribution is 0.428. The molecule has 4 heteroatoms. The molecule has 15 heavy (non-hydrogen) atoms. The van der Waals surface area contributed by atoms with Crippen LogP contribution in [0.5, 0.6) is 0 Å². The molecule has 82 valence electrons. The number of hydrogen-bond donors (Lipinski definition) is 2. The summed E-state index contributed by atoms with van der Waals surface area (Å²) in [6, 6.07) is 3.66. The Kier molecular flexibility index (Phi) is 2.98. The van der Waals surface area contributed by atoms with E-state index < -0.39 is 11.6 Å². The predicted molar refractivity (Wildman–Crippen MR) is 54.3 cm³/mol. The molecule has 2 nitrogen and oxygen atoms in total. The maximum Gasteiger partial charge on any atom is 0.130 e. The third kappa shape index (κ3) is 1.87. The van der Waals surface area contributed by atoms with Crippen molar-refractivity contribution in [1.82, 2.24) is 5.32 Å². The number of hydrogen-bond acceptors (Lipinski definition) is 2. The third-order valence-corrected chi connectivity index (χ3v) is 2.96.